The molecule has 0 radical (unpaired) electrons. The van der Waals surface area contributed by atoms with Crippen molar-refractivity contribution >= 4 is 11.7 Å². The normalized spacial score (nSPS) is 18.2. The number of piperidine rings is 1. The lowest BCUT2D eigenvalue weighted by Gasteiger charge is -2.34. The van der Waals surface area contributed by atoms with Crippen molar-refractivity contribution in [1.82, 2.24) is 4.90 Å². The van der Waals surface area contributed by atoms with Crippen molar-refractivity contribution in [2.24, 2.45) is 11.7 Å². The number of Topliss-reactive ketones (excluding diaryl/α,β-unsaturated/α-hetero) is 1. The highest BCUT2D eigenvalue weighted by Crippen LogP contribution is 2.24. The van der Waals surface area contributed by atoms with Gasteiger partial charge in [-0.15, -0.1) is 0 Å². The van der Waals surface area contributed by atoms with Crippen LogP contribution in [-0.2, 0) is 4.79 Å². The van der Waals surface area contributed by atoms with Crippen LogP contribution in [0.15, 0.2) is 24.3 Å². The number of primary amides is 1. The summed E-state index contributed by atoms with van der Waals surface area (Å²) in [4.78, 5) is 25.7. The van der Waals surface area contributed by atoms with E-state index in [2.05, 4.69) is 0 Å². The number of carbonyl (C=O) groups excluding carboxylic acids is 2. The second-order valence-electron chi connectivity index (χ2n) is 5.48. The Kier molecular flexibility index (Phi) is 4.96. The van der Waals surface area contributed by atoms with Gasteiger partial charge in [0.2, 0.25) is 5.91 Å². The summed E-state index contributed by atoms with van der Waals surface area (Å²) in [6, 6.07) is 6.95. The van der Waals surface area contributed by atoms with E-state index >= 15 is 0 Å². The highest BCUT2D eigenvalue weighted by molar-refractivity contribution is 5.98. The number of likely N-dealkylation sites (tertiary alicyclic amines) is 1. The summed E-state index contributed by atoms with van der Waals surface area (Å²) < 4.78 is 5.10. The molecule has 0 unspecified atom stereocenters. The predicted molar refractivity (Wildman–Crippen MR) is 80.3 cm³/mol. The largest absolute Gasteiger partial charge is 0.497 e. The lowest BCUT2D eigenvalue weighted by atomic mass is 9.88. The SMILES string of the molecule is COc1ccc(C(=O)C2CCN([C@@H](C)C(N)=O)CC2)cc1. The van der Waals surface area contributed by atoms with Gasteiger partial charge in [-0.3, -0.25) is 14.5 Å². The van der Waals surface area contributed by atoms with Gasteiger partial charge in [0.25, 0.3) is 0 Å². The quantitative estimate of drug-likeness (QED) is 0.833. The summed E-state index contributed by atoms with van der Waals surface area (Å²) >= 11 is 0. The Balaban J connectivity index is 1.95. The van der Waals surface area contributed by atoms with Crippen LogP contribution >= 0.6 is 0 Å². The molecule has 0 aromatic heterocycles. The van der Waals surface area contributed by atoms with Gasteiger partial charge in [0.15, 0.2) is 5.78 Å². The smallest absolute Gasteiger partial charge is 0.234 e. The van der Waals surface area contributed by atoms with Crippen LogP contribution in [0.5, 0.6) is 5.75 Å². The molecule has 5 nitrogen and oxygen atoms in total. The Morgan fingerprint density at radius 3 is 2.29 bits per heavy atom. The van der Waals surface area contributed by atoms with E-state index in [1.54, 1.807) is 31.4 Å². The van der Waals surface area contributed by atoms with Gasteiger partial charge in [0.05, 0.1) is 13.2 Å². The maximum atomic E-state index is 12.5. The van der Waals surface area contributed by atoms with Gasteiger partial charge >= 0.3 is 0 Å². The maximum Gasteiger partial charge on any atom is 0.234 e. The van der Waals surface area contributed by atoms with Crippen molar-refractivity contribution in [2.75, 3.05) is 20.2 Å². The zero-order valence-corrected chi connectivity index (χ0v) is 12.5. The minimum Gasteiger partial charge on any atom is -0.497 e. The molecule has 114 valence electrons. The average molecular weight is 290 g/mol. The molecule has 1 atom stereocenters. The molecule has 1 aromatic carbocycles. The van der Waals surface area contributed by atoms with Crippen molar-refractivity contribution in [2.45, 2.75) is 25.8 Å². The first kappa shape index (κ1) is 15.5. The molecule has 0 spiro atoms. The van der Waals surface area contributed by atoms with Gasteiger partial charge in [-0.25, -0.2) is 0 Å². The van der Waals surface area contributed by atoms with Crippen LogP contribution < -0.4 is 10.5 Å². The van der Waals surface area contributed by atoms with Crippen LogP contribution in [0.4, 0.5) is 0 Å². The Morgan fingerprint density at radius 2 is 1.81 bits per heavy atom. The zero-order valence-electron chi connectivity index (χ0n) is 12.5. The second-order valence-corrected chi connectivity index (χ2v) is 5.48. The summed E-state index contributed by atoms with van der Waals surface area (Å²) in [7, 11) is 1.60. The van der Waals surface area contributed by atoms with Gasteiger partial charge in [-0.05, 0) is 57.1 Å². The van der Waals surface area contributed by atoms with E-state index < -0.39 is 0 Å². The summed E-state index contributed by atoms with van der Waals surface area (Å²) in [6.45, 7) is 3.28. The van der Waals surface area contributed by atoms with E-state index in [1.807, 2.05) is 11.8 Å². The molecule has 1 heterocycles. The van der Waals surface area contributed by atoms with Gasteiger partial charge in [0.1, 0.15) is 5.75 Å². The topological polar surface area (TPSA) is 72.6 Å². The maximum absolute atomic E-state index is 12.5. The summed E-state index contributed by atoms with van der Waals surface area (Å²) in [5, 5.41) is 0. The zero-order chi connectivity index (χ0) is 15.4. The molecule has 1 saturated heterocycles. The third-order valence-electron chi connectivity index (χ3n) is 4.23. The second kappa shape index (κ2) is 6.72. The highest BCUT2D eigenvalue weighted by Gasteiger charge is 2.29. The minimum absolute atomic E-state index is 0.0229. The molecule has 1 fully saturated rings. The minimum atomic E-state index is -0.310. The van der Waals surface area contributed by atoms with Crippen molar-refractivity contribution in [3.8, 4) is 5.75 Å². The van der Waals surface area contributed by atoms with Crippen molar-refractivity contribution in [3.63, 3.8) is 0 Å². The number of nitrogens with two attached hydrogens (primary N) is 1. The summed E-state index contributed by atoms with van der Waals surface area (Å²) in [5.41, 5.74) is 6.04. The number of benzene rings is 1. The number of hydrogen-bond acceptors (Lipinski definition) is 4. The highest BCUT2D eigenvalue weighted by atomic mass is 16.5. The Labute approximate surface area is 125 Å². The molecule has 2 N–H and O–H groups in total. The van der Waals surface area contributed by atoms with Gasteiger partial charge in [0, 0.05) is 11.5 Å². The Hall–Kier alpha value is -1.88. The fraction of sp³-hybridized carbons (Fsp3) is 0.500. The van der Waals surface area contributed by atoms with Gasteiger partial charge in [-0.1, -0.05) is 0 Å². The van der Waals surface area contributed by atoms with E-state index in [9.17, 15) is 9.59 Å². The number of rotatable bonds is 5. The van der Waals surface area contributed by atoms with Crippen LogP contribution in [0.3, 0.4) is 0 Å². The molecule has 1 aromatic rings. The number of hydrogen-bond donors (Lipinski definition) is 1. The third-order valence-corrected chi connectivity index (χ3v) is 4.23. The molecule has 1 amide bonds. The average Bonchev–Trinajstić information content (AvgIpc) is 2.53. The van der Waals surface area contributed by atoms with Crippen LogP contribution in [0.2, 0.25) is 0 Å². The number of amides is 1. The Bertz CT molecular complexity index is 505. The van der Waals surface area contributed by atoms with E-state index in [0.29, 0.717) is 0 Å². The molecule has 0 aliphatic carbocycles. The van der Waals surface area contributed by atoms with E-state index in [0.717, 1.165) is 37.2 Å². The van der Waals surface area contributed by atoms with Crippen LogP contribution in [0.1, 0.15) is 30.1 Å². The van der Waals surface area contributed by atoms with Crippen LogP contribution in [-0.4, -0.2) is 42.8 Å². The molecule has 5 heteroatoms. The molecule has 0 saturated carbocycles. The summed E-state index contributed by atoms with van der Waals surface area (Å²) in [5.74, 6) is 0.630. The number of methoxy groups -OCH3 is 1. The van der Waals surface area contributed by atoms with Crippen molar-refractivity contribution in [1.29, 1.82) is 0 Å². The van der Waals surface area contributed by atoms with E-state index in [-0.39, 0.29) is 23.7 Å². The lowest BCUT2D eigenvalue weighted by molar-refractivity contribution is -0.123. The number of nitrogens with zero attached hydrogens (tertiary/aromatic N) is 1. The predicted octanol–water partition coefficient (Wildman–Crippen LogP) is 1.46. The lowest BCUT2D eigenvalue weighted by Crippen LogP contribution is -2.47. The van der Waals surface area contributed by atoms with Crippen LogP contribution in [0, 0.1) is 5.92 Å². The molecule has 1 aliphatic heterocycles. The fourth-order valence-corrected chi connectivity index (χ4v) is 2.72. The monoisotopic (exact) mass is 290 g/mol. The molecular weight excluding hydrogens is 268 g/mol. The molecule has 2 rings (SSSR count). The standard InChI is InChI=1S/C16H22N2O3/c1-11(16(17)20)18-9-7-13(8-10-18)15(19)12-3-5-14(21-2)6-4-12/h3-6,11,13H,7-10H2,1-2H3,(H2,17,20)/t11-/m0/s1. The molecular formula is C16H22N2O3. The number of ketones is 1. The molecule has 1 aliphatic rings. The molecule has 0 bridgehead atoms. The molecule has 21 heavy (non-hydrogen) atoms. The fourth-order valence-electron chi connectivity index (χ4n) is 2.72. The van der Waals surface area contributed by atoms with Gasteiger partial charge < -0.3 is 10.5 Å². The summed E-state index contributed by atoms with van der Waals surface area (Å²) in [6.07, 6.45) is 1.53. The Morgan fingerprint density at radius 1 is 1.24 bits per heavy atom. The first-order valence-electron chi connectivity index (χ1n) is 7.24. The van der Waals surface area contributed by atoms with E-state index in [4.69, 9.17) is 10.5 Å². The first-order chi connectivity index (χ1) is 10.0. The number of ether oxygens (including phenoxy) is 1. The van der Waals surface area contributed by atoms with Crippen molar-refractivity contribution in [3.05, 3.63) is 29.8 Å². The van der Waals surface area contributed by atoms with E-state index in [1.165, 1.54) is 0 Å². The number of carbonyl (C=O) groups is 2. The van der Waals surface area contributed by atoms with Crippen LogP contribution in [0.25, 0.3) is 0 Å². The van der Waals surface area contributed by atoms with Crippen molar-refractivity contribution < 1.29 is 14.3 Å². The third kappa shape index (κ3) is 3.61. The first-order valence-corrected chi connectivity index (χ1v) is 7.24. The van der Waals surface area contributed by atoms with Gasteiger partial charge in [-0.2, -0.15) is 0 Å².